The smallest absolute Gasteiger partial charge is 0.335 e. The van der Waals surface area contributed by atoms with Gasteiger partial charge < -0.3 is 20.2 Å². The molecule has 0 bridgehead atoms. The number of nitrogens with one attached hydrogen (secondary N) is 1. The third kappa shape index (κ3) is 4.61. The van der Waals surface area contributed by atoms with E-state index in [1.165, 1.54) is 0 Å². The van der Waals surface area contributed by atoms with Gasteiger partial charge in [0.2, 0.25) is 0 Å². The molecule has 0 spiro atoms. The van der Waals surface area contributed by atoms with Crippen molar-refractivity contribution in [1.29, 1.82) is 0 Å². The monoisotopic (exact) mass is 377 g/mol. The molecule has 130 valence electrons. The Morgan fingerprint density at radius 3 is 2.52 bits per heavy atom. The number of nitrogens with two attached hydrogens (primary N) is 1. The highest BCUT2D eigenvalue weighted by molar-refractivity contribution is 7.80. The molecule has 3 aromatic rings. The van der Waals surface area contributed by atoms with E-state index >= 15 is 0 Å². The third-order valence-electron chi connectivity index (χ3n) is 3.27. The van der Waals surface area contributed by atoms with Crippen molar-refractivity contribution in [3.8, 4) is 17.2 Å². The Bertz CT molecular complexity index is 932. The number of nitrogens with zero attached hydrogens (tertiary/aromatic N) is 1. The highest BCUT2D eigenvalue weighted by atomic mass is 32.1. The first-order chi connectivity index (χ1) is 12.0. The molecule has 0 atom stereocenters. The molecule has 25 heavy (non-hydrogen) atoms. The number of methoxy groups -OCH3 is 1. The standard InChI is InChI=1S/C16H15N3O2S.O2S/c1-9-3-4-11(8-18-9)21-12-5-10-6-13(16(17)22)19-15(10)14(7-12)20-2;1-3-2/h3-8,19H,1-2H3,(H2,17,22);. The lowest BCUT2D eigenvalue weighted by Gasteiger charge is -2.08. The second-order valence-corrected chi connectivity index (χ2v) is 5.52. The maximum absolute atomic E-state index is 8.29. The minimum absolute atomic E-state index is 0.309. The maximum Gasteiger partial charge on any atom is 0.335 e. The Labute approximate surface area is 152 Å². The number of rotatable bonds is 4. The number of hydrogen-bond acceptors (Lipinski definition) is 6. The summed E-state index contributed by atoms with van der Waals surface area (Å²) in [5.41, 5.74) is 8.13. The number of fused-ring (bicyclic) bond motifs is 1. The van der Waals surface area contributed by atoms with E-state index in [2.05, 4.69) is 9.97 Å². The molecule has 9 heteroatoms. The average Bonchev–Trinajstić information content (AvgIpc) is 3.01. The summed E-state index contributed by atoms with van der Waals surface area (Å²) in [6.45, 7) is 1.93. The van der Waals surface area contributed by atoms with Crippen LogP contribution in [-0.2, 0) is 11.6 Å². The van der Waals surface area contributed by atoms with Gasteiger partial charge in [-0.3, -0.25) is 4.98 Å². The number of aromatic nitrogens is 2. The number of H-pyrrole nitrogens is 1. The van der Waals surface area contributed by atoms with E-state index in [1.54, 1.807) is 13.3 Å². The van der Waals surface area contributed by atoms with Crippen molar-refractivity contribution >= 4 is 39.7 Å². The molecule has 0 aliphatic heterocycles. The van der Waals surface area contributed by atoms with Crippen molar-refractivity contribution in [3.05, 3.63) is 47.9 Å². The number of aromatic amines is 1. The fourth-order valence-electron chi connectivity index (χ4n) is 2.19. The van der Waals surface area contributed by atoms with E-state index < -0.39 is 11.6 Å². The first-order valence-electron chi connectivity index (χ1n) is 7.01. The Morgan fingerprint density at radius 1 is 1.24 bits per heavy atom. The van der Waals surface area contributed by atoms with Gasteiger partial charge in [-0.25, -0.2) is 0 Å². The highest BCUT2D eigenvalue weighted by Crippen LogP contribution is 2.33. The third-order valence-corrected chi connectivity index (χ3v) is 3.49. The van der Waals surface area contributed by atoms with Gasteiger partial charge in [-0.2, -0.15) is 8.42 Å². The molecule has 0 aliphatic carbocycles. The predicted octanol–water partition coefficient (Wildman–Crippen LogP) is 2.64. The summed E-state index contributed by atoms with van der Waals surface area (Å²) >= 11 is 4.25. The van der Waals surface area contributed by atoms with Crippen LogP contribution < -0.4 is 15.2 Å². The normalized spacial score (nSPS) is 9.84. The van der Waals surface area contributed by atoms with Crippen LogP contribution in [0.1, 0.15) is 11.4 Å². The Kier molecular flexibility index (Phi) is 6.20. The Morgan fingerprint density at radius 2 is 1.96 bits per heavy atom. The highest BCUT2D eigenvalue weighted by Gasteiger charge is 2.11. The number of aryl methyl sites for hydroxylation is 1. The van der Waals surface area contributed by atoms with E-state index in [0.717, 1.165) is 16.6 Å². The minimum Gasteiger partial charge on any atom is -0.494 e. The SMILES string of the molecule is COc1cc(Oc2ccc(C)nc2)cc2cc(C(N)=S)[nH]c12.O=S=O. The van der Waals surface area contributed by atoms with Gasteiger partial charge in [0.05, 0.1) is 24.5 Å². The van der Waals surface area contributed by atoms with Crippen molar-refractivity contribution < 1.29 is 17.9 Å². The molecule has 0 saturated carbocycles. The number of thiocarbonyl (C=S) groups is 1. The molecule has 0 amide bonds. The van der Waals surface area contributed by atoms with Crippen LogP contribution in [0.25, 0.3) is 10.9 Å². The molecular formula is C16H15N3O4S2. The van der Waals surface area contributed by atoms with Crippen LogP contribution in [0.15, 0.2) is 36.5 Å². The minimum atomic E-state index is -0.750. The first kappa shape index (κ1) is 18.6. The molecule has 2 heterocycles. The Balaban J connectivity index is 0.000000701. The van der Waals surface area contributed by atoms with Gasteiger partial charge in [0.1, 0.15) is 22.2 Å². The Hall–Kier alpha value is -2.78. The van der Waals surface area contributed by atoms with E-state index in [9.17, 15) is 0 Å². The van der Waals surface area contributed by atoms with Crippen LogP contribution in [0.4, 0.5) is 0 Å². The summed E-state index contributed by atoms with van der Waals surface area (Å²) < 4.78 is 27.8. The van der Waals surface area contributed by atoms with Gasteiger partial charge in [0.25, 0.3) is 0 Å². The molecule has 3 rings (SSSR count). The van der Waals surface area contributed by atoms with Crippen LogP contribution in [0, 0.1) is 6.92 Å². The van der Waals surface area contributed by atoms with Crippen molar-refractivity contribution in [2.75, 3.05) is 7.11 Å². The first-order valence-corrected chi connectivity index (χ1v) is 8.08. The largest absolute Gasteiger partial charge is 0.494 e. The maximum atomic E-state index is 8.29. The van der Waals surface area contributed by atoms with Gasteiger partial charge in [0, 0.05) is 17.1 Å². The summed E-state index contributed by atoms with van der Waals surface area (Å²) in [4.78, 5) is 7.67. The second-order valence-electron chi connectivity index (χ2n) is 4.94. The zero-order chi connectivity index (χ0) is 18.4. The summed E-state index contributed by atoms with van der Waals surface area (Å²) in [7, 11) is 1.60. The van der Waals surface area contributed by atoms with E-state index in [1.807, 2.05) is 37.3 Å². The number of ether oxygens (including phenoxy) is 2. The second kappa shape index (κ2) is 8.36. The molecule has 0 unspecified atom stereocenters. The molecular weight excluding hydrogens is 362 g/mol. The average molecular weight is 377 g/mol. The molecule has 2 aromatic heterocycles. The van der Waals surface area contributed by atoms with Crippen LogP contribution in [-0.4, -0.2) is 30.5 Å². The van der Waals surface area contributed by atoms with E-state index in [0.29, 0.717) is 27.9 Å². The molecule has 0 fully saturated rings. The van der Waals surface area contributed by atoms with Gasteiger partial charge in [-0.1, -0.05) is 12.2 Å². The molecule has 0 saturated heterocycles. The zero-order valence-corrected chi connectivity index (χ0v) is 15.1. The topological polar surface area (TPSA) is 107 Å². The summed E-state index contributed by atoms with van der Waals surface area (Å²) in [5.74, 6) is 1.98. The van der Waals surface area contributed by atoms with Gasteiger partial charge in [-0.15, -0.1) is 0 Å². The molecule has 7 nitrogen and oxygen atoms in total. The van der Waals surface area contributed by atoms with Crippen molar-refractivity contribution in [1.82, 2.24) is 9.97 Å². The molecule has 0 aliphatic rings. The van der Waals surface area contributed by atoms with Crippen LogP contribution in [0.5, 0.6) is 17.2 Å². The van der Waals surface area contributed by atoms with Gasteiger partial charge in [-0.05, 0) is 31.2 Å². The molecule has 3 N–H and O–H groups in total. The summed E-state index contributed by atoms with van der Waals surface area (Å²) in [6, 6.07) is 9.35. The van der Waals surface area contributed by atoms with E-state index in [-0.39, 0.29) is 0 Å². The summed E-state index contributed by atoms with van der Waals surface area (Å²) in [6.07, 6.45) is 1.68. The number of benzene rings is 1. The lowest BCUT2D eigenvalue weighted by Crippen LogP contribution is -2.09. The van der Waals surface area contributed by atoms with Crippen LogP contribution in [0.2, 0.25) is 0 Å². The molecule has 0 radical (unpaired) electrons. The van der Waals surface area contributed by atoms with E-state index in [4.69, 9.17) is 35.8 Å². The van der Waals surface area contributed by atoms with Crippen LogP contribution in [0.3, 0.4) is 0 Å². The van der Waals surface area contributed by atoms with Gasteiger partial charge in [0.15, 0.2) is 0 Å². The molecule has 1 aromatic carbocycles. The number of hydrogen-bond donors (Lipinski definition) is 2. The lowest BCUT2D eigenvalue weighted by atomic mass is 10.2. The van der Waals surface area contributed by atoms with Crippen molar-refractivity contribution in [3.63, 3.8) is 0 Å². The predicted molar refractivity (Wildman–Crippen MR) is 98.7 cm³/mol. The zero-order valence-electron chi connectivity index (χ0n) is 13.4. The fraction of sp³-hybridized carbons (Fsp3) is 0.125. The fourth-order valence-corrected chi connectivity index (χ4v) is 2.30. The van der Waals surface area contributed by atoms with Crippen molar-refractivity contribution in [2.24, 2.45) is 5.73 Å². The number of pyridine rings is 1. The van der Waals surface area contributed by atoms with Gasteiger partial charge >= 0.3 is 11.6 Å². The lowest BCUT2D eigenvalue weighted by molar-refractivity contribution is 0.413. The van der Waals surface area contributed by atoms with Crippen LogP contribution >= 0.6 is 12.2 Å². The van der Waals surface area contributed by atoms with Crippen molar-refractivity contribution in [2.45, 2.75) is 6.92 Å². The quantitative estimate of drug-likeness (QED) is 0.673. The summed E-state index contributed by atoms with van der Waals surface area (Å²) in [5, 5.41) is 0.914.